The van der Waals surface area contributed by atoms with Crippen LogP contribution in [0.3, 0.4) is 0 Å². The van der Waals surface area contributed by atoms with Crippen LogP contribution in [0.25, 0.3) is 65.9 Å². The number of rotatable bonds is 0. The normalized spacial score (nSPS) is 14.4. The van der Waals surface area contributed by atoms with Crippen molar-refractivity contribution >= 4 is 65.9 Å². The van der Waals surface area contributed by atoms with Gasteiger partial charge in [0, 0.05) is 23.9 Å². The summed E-state index contributed by atoms with van der Waals surface area (Å²) in [4.78, 5) is 46.2. The molecule has 0 amide bonds. The highest BCUT2D eigenvalue weighted by molar-refractivity contribution is 6.03. The van der Waals surface area contributed by atoms with Crippen LogP contribution >= 0.6 is 0 Å². The number of hydrogen-bond donors (Lipinski definition) is 2. The lowest BCUT2D eigenvalue weighted by Gasteiger charge is -2.11. The van der Waals surface area contributed by atoms with E-state index in [2.05, 4.69) is 43.4 Å². The van der Waals surface area contributed by atoms with Gasteiger partial charge in [-0.1, -0.05) is 99.2 Å². The van der Waals surface area contributed by atoms with Crippen LogP contribution in [0.2, 0.25) is 0 Å². The minimum atomic E-state index is -0.295. The molecule has 0 unspecified atom stereocenters. The van der Waals surface area contributed by atoms with E-state index in [0.29, 0.717) is 81.2 Å². The third kappa shape index (κ3) is 7.91. The summed E-state index contributed by atoms with van der Waals surface area (Å²) in [7, 11) is 0. The molecule has 11 rings (SSSR count). The van der Waals surface area contributed by atoms with E-state index in [0.717, 1.165) is 59.3 Å². The van der Waals surface area contributed by atoms with Gasteiger partial charge >= 0.3 is 0 Å². The van der Waals surface area contributed by atoms with Gasteiger partial charge in [0.05, 0.1) is 46.1 Å². The summed E-state index contributed by atoms with van der Waals surface area (Å²) in [5.74, 6) is 1.64. The van der Waals surface area contributed by atoms with E-state index in [1.807, 2.05) is 109 Å². The minimum Gasteiger partial charge on any atom is -0.494 e. The van der Waals surface area contributed by atoms with Crippen molar-refractivity contribution in [3.63, 3.8) is 0 Å². The lowest BCUT2D eigenvalue weighted by molar-refractivity contribution is 0.301. The van der Waals surface area contributed by atoms with Crippen molar-refractivity contribution in [2.75, 3.05) is 13.2 Å². The number of aromatic amines is 2. The first kappa shape index (κ1) is 39.0. The Morgan fingerprint density at radius 2 is 0.839 bits per heavy atom. The topological polar surface area (TPSA) is 120 Å². The molecule has 14 bridgehead atoms. The Morgan fingerprint density at radius 3 is 1.31 bits per heavy atom. The SMILES string of the molecule is O=c1[nH]c2ccccc2c2nc3c4cccc3n2Cc2cccc(c2)OCCCCCCCCCCOc2cccc(c2)Cn2c3cccc1c3nc2c1ccccc1[nH]c4=O. The van der Waals surface area contributed by atoms with Crippen molar-refractivity contribution in [2.24, 2.45) is 0 Å². The molecule has 3 aromatic heterocycles. The van der Waals surface area contributed by atoms with Gasteiger partial charge in [-0.15, -0.1) is 0 Å². The smallest absolute Gasteiger partial charge is 0.257 e. The lowest BCUT2D eigenvalue weighted by Crippen LogP contribution is -2.05. The van der Waals surface area contributed by atoms with Crippen molar-refractivity contribution < 1.29 is 9.47 Å². The molecular formula is C52H48N6O4. The predicted octanol–water partition coefficient (Wildman–Crippen LogP) is 11.1. The van der Waals surface area contributed by atoms with E-state index < -0.39 is 0 Å². The van der Waals surface area contributed by atoms with Crippen LogP contribution in [-0.2, 0) is 13.1 Å². The average Bonchev–Trinajstić information content (AvgIpc) is 3.84. The number of fused-ring (bicyclic) bond motifs is 13. The van der Waals surface area contributed by atoms with Gasteiger partial charge in [0.25, 0.3) is 11.1 Å². The molecule has 0 aliphatic carbocycles. The number of benzene rings is 6. The van der Waals surface area contributed by atoms with Gasteiger partial charge < -0.3 is 28.6 Å². The molecule has 0 saturated heterocycles. The number of H-pyrrole nitrogens is 2. The summed E-state index contributed by atoms with van der Waals surface area (Å²) in [6.45, 7) is 2.22. The average molecular weight is 821 g/mol. The monoisotopic (exact) mass is 820 g/mol. The molecule has 10 nitrogen and oxygen atoms in total. The number of nitrogens with zero attached hydrogens (tertiary/aromatic N) is 4. The number of imidazole rings is 2. The molecule has 0 fully saturated rings. The molecule has 310 valence electrons. The summed E-state index contributed by atoms with van der Waals surface area (Å²) in [5.41, 5.74) is 6.53. The first-order chi connectivity index (χ1) is 30.6. The Balaban J connectivity index is 1.27. The largest absolute Gasteiger partial charge is 0.494 e. The van der Waals surface area contributed by atoms with Gasteiger partial charge in [-0.05, 0) is 96.8 Å². The molecule has 2 aliphatic rings. The molecule has 6 aromatic carbocycles. The van der Waals surface area contributed by atoms with Gasteiger partial charge in [0.1, 0.15) is 33.8 Å². The fourth-order valence-electron chi connectivity index (χ4n) is 8.82. The highest BCUT2D eigenvalue weighted by Gasteiger charge is 2.16. The van der Waals surface area contributed by atoms with Crippen molar-refractivity contribution in [3.8, 4) is 11.5 Å². The molecule has 0 atom stereocenters. The number of para-hydroxylation sites is 4. The Kier molecular flexibility index (Phi) is 10.9. The van der Waals surface area contributed by atoms with Gasteiger partial charge in [-0.2, -0.15) is 0 Å². The van der Waals surface area contributed by atoms with Crippen LogP contribution in [0.5, 0.6) is 11.5 Å². The Bertz CT molecular complexity index is 3120. The summed E-state index contributed by atoms with van der Waals surface area (Å²) < 4.78 is 16.8. The molecular weight excluding hydrogens is 773 g/mol. The second-order valence-corrected chi connectivity index (χ2v) is 16.2. The maximum atomic E-state index is 14.6. The fourth-order valence-corrected chi connectivity index (χ4v) is 8.82. The van der Waals surface area contributed by atoms with E-state index in [1.165, 1.54) is 25.7 Å². The van der Waals surface area contributed by atoms with E-state index in [1.54, 1.807) is 0 Å². The number of aromatic nitrogens is 6. The van der Waals surface area contributed by atoms with Crippen molar-refractivity contribution in [2.45, 2.75) is 64.5 Å². The highest BCUT2D eigenvalue weighted by Crippen LogP contribution is 2.29. The predicted molar refractivity (Wildman–Crippen MR) is 250 cm³/mol. The van der Waals surface area contributed by atoms with E-state index >= 15 is 0 Å². The first-order valence-electron chi connectivity index (χ1n) is 21.8. The summed E-state index contributed by atoms with van der Waals surface area (Å²) in [5, 5.41) is 2.28. The maximum Gasteiger partial charge on any atom is 0.257 e. The fraction of sp³-hybridized carbons (Fsp3) is 0.231. The molecule has 0 saturated carbocycles. The van der Waals surface area contributed by atoms with Crippen molar-refractivity contribution in [1.29, 1.82) is 0 Å². The van der Waals surface area contributed by atoms with E-state index in [-0.39, 0.29) is 11.1 Å². The zero-order valence-corrected chi connectivity index (χ0v) is 34.6. The minimum absolute atomic E-state index is 0.295. The van der Waals surface area contributed by atoms with Crippen LogP contribution in [0, 0.1) is 0 Å². The van der Waals surface area contributed by atoms with Gasteiger partial charge in [0.2, 0.25) is 0 Å². The zero-order valence-electron chi connectivity index (χ0n) is 34.6. The standard InChI is InChI=1S/C52H48N6O4/c59-51-41-23-15-27-45-47(41)55-49-39-21-7-9-25-43(39)53-52(60)42-24-16-28-46-48(42)56-50(40-22-8-10-26-44(40)54-51)58(46)34-36-18-14-20-38(32-36)62-30-12-6-4-2-1-3-5-11-29-61-37-19-13-17-35(31-37)33-57(45)49/h7-10,13-28,31-32H,1-6,11-12,29-30,33-34H2,(H,53,60)(H,54,59). The summed E-state index contributed by atoms with van der Waals surface area (Å²) in [6, 6.07) is 43.2. The lowest BCUT2D eigenvalue weighted by atomic mass is 10.1. The maximum absolute atomic E-state index is 14.6. The number of hydrogen-bond acceptors (Lipinski definition) is 6. The second kappa shape index (κ2) is 17.4. The van der Waals surface area contributed by atoms with Crippen molar-refractivity contribution in [3.05, 3.63) is 165 Å². The Labute approximate surface area is 357 Å². The van der Waals surface area contributed by atoms with E-state index in [9.17, 15) is 9.59 Å². The summed E-state index contributed by atoms with van der Waals surface area (Å²) >= 11 is 0. The molecule has 9 aromatic rings. The second-order valence-electron chi connectivity index (χ2n) is 16.2. The van der Waals surface area contributed by atoms with Crippen LogP contribution in [0.15, 0.2) is 143 Å². The quantitative estimate of drug-likeness (QED) is 0.157. The molecule has 10 heteroatoms. The third-order valence-corrected chi connectivity index (χ3v) is 11.9. The van der Waals surface area contributed by atoms with Gasteiger partial charge in [-0.3, -0.25) is 9.59 Å². The Hall–Kier alpha value is -7.20. The highest BCUT2D eigenvalue weighted by atomic mass is 16.5. The molecule has 2 aliphatic heterocycles. The molecule has 0 radical (unpaired) electrons. The Morgan fingerprint density at radius 1 is 0.435 bits per heavy atom. The first-order valence-corrected chi connectivity index (χ1v) is 21.8. The summed E-state index contributed by atoms with van der Waals surface area (Å²) in [6.07, 6.45) is 9.14. The van der Waals surface area contributed by atoms with Gasteiger partial charge in [0.15, 0.2) is 0 Å². The van der Waals surface area contributed by atoms with Crippen LogP contribution in [0.1, 0.15) is 62.5 Å². The van der Waals surface area contributed by atoms with Gasteiger partial charge in [-0.25, -0.2) is 9.97 Å². The van der Waals surface area contributed by atoms with Crippen LogP contribution in [0.4, 0.5) is 0 Å². The van der Waals surface area contributed by atoms with Crippen LogP contribution in [-0.4, -0.2) is 42.3 Å². The molecule has 0 spiro atoms. The molecule has 5 heterocycles. The third-order valence-electron chi connectivity index (χ3n) is 11.9. The van der Waals surface area contributed by atoms with Crippen LogP contribution < -0.4 is 20.6 Å². The van der Waals surface area contributed by atoms with Crippen molar-refractivity contribution in [1.82, 2.24) is 29.1 Å². The molecule has 2 N–H and O–H groups in total. The number of ether oxygens (including phenoxy) is 2. The number of nitrogens with one attached hydrogen (secondary N) is 2. The zero-order chi connectivity index (χ0) is 41.8. The molecule has 62 heavy (non-hydrogen) atoms. The van der Waals surface area contributed by atoms with E-state index in [4.69, 9.17) is 19.4 Å².